The van der Waals surface area contributed by atoms with Gasteiger partial charge in [-0.25, -0.2) is 9.67 Å². The number of aromatic nitrogens is 3. The molecule has 1 saturated carbocycles. The molecule has 2 atom stereocenters. The van der Waals surface area contributed by atoms with Crippen LogP contribution >= 0.6 is 0 Å². The topological polar surface area (TPSA) is 93.3 Å². The Morgan fingerprint density at radius 2 is 2.15 bits per heavy atom. The molecule has 2 aromatic heterocycles. The van der Waals surface area contributed by atoms with Crippen LogP contribution in [-0.4, -0.2) is 50.6 Å². The smallest absolute Gasteiger partial charge is 0.289 e. The molecule has 0 aromatic carbocycles. The summed E-state index contributed by atoms with van der Waals surface area (Å²) in [5.74, 6) is 0.837. The lowest BCUT2D eigenvalue weighted by Gasteiger charge is -2.33. The largest absolute Gasteiger partial charge is 0.454 e. The van der Waals surface area contributed by atoms with Crippen LogP contribution in [0.4, 0.5) is 0 Å². The predicted molar refractivity (Wildman–Crippen MR) is 96.9 cm³/mol. The number of nitrogens with one attached hydrogen (secondary N) is 1. The van der Waals surface area contributed by atoms with E-state index in [1.54, 1.807) is 23.1 Å². The van der Waals surface area contributed by atoms with Gasteiger partial charge in [0.15, 0.2) is 5.76 Å². The van der Waals surface area contributed by atoms with Gasteiger partial charge in [0.2, 0.25) is 5.91 Å². The number of hydrogen-bond acceptors (Lipinski definition) is 5. The summed E-state index contributed by atoms with van der Waals surface area (Å²) < 4.78 is 7.44. The van der Waals surface area contributed by atoms with Crippen LogP contribution in [0, 0.1) is 5.92 Å². The molecular formula is C19H25N5O3. The number of carbonyl (C=O) groups excluding carboxylic acids is 2. The van der Waals surface area contributed by atoms with Crippen LogP contribution in [-0.2, 0) is 11.3 Å². The van der Waals surface area contributed by atoms with Gasteiger partial charge in [-0.3, -0.25) is 9.59 Å². The molecular weight excluding hydrogens is 346 g/mol. The molecule has 2 aromatic rings. The predicted octanol–water partition coefficient (Wildman–Crippen LogP) is 1.83. The normalized spacial score (nSPS) is 23.7. The molecule has 1 N–H and O–H groups in total. The highest BCUT2D eigenvalue weighted by Crippen LogP contribution is 2.32. The van der Waals surface area contributed by atoms with Crippen molar-refractivity contribution in [2.24, 2.45) is 5.92 Å². The molecule has 2 fully saturated rings. The van der Waals surface area contributed by atoms with Crippen molar-refractivity contribution < 1.29 is 14.0 Å². The molecule has 4 rings (SSSR count). The van der Waals surface area contributed by atoms with E-state index >= 15 is 0 Å². The van der Waals surface area contributed by atoms with E-state index in [9.17, 15) is 9.59 Å². The van der Waals surface area contributed by atoms with Crippen molar-refractivity contribution >= 4 is 11.8 Å². The Kier molecular flexibility index (Phi) is 5.22. The molecule has 0 unspecified atom stereocenters. The highest BCUT2D eigenvalue weighted by molar-refractivity contribution is 5.92. The fraction of sp³-hybridized carbons (Fsp3) is 0.579. The van der Waals surface area contributed by atoms with Gasteiger partial charge in [-0.1, -0.05) is 6.42 Å². The number of rotatable bonds is 3. The van der Waals surface area contributed by atoms with Crippen LogP contribution in [0.1, 0.15) is 54.8 Å². The number of carbonyl (C=O) groups is 2. The zero-order valence-corrected chi connectivity index (χ0v) is 15.3. The van der Waals surface area contributed by atoms with Gasteiger partial charge in [0, 0.05) is 19.1 Å². The number of furan rings is 1. The molecule has 1 saturated heterocycles. The molecule has 1 aliphatic carbocycles. The second-order valence-corrected chi connectivity index (χ2v) is 7.31. The fourth-order valence-electron chi connectivity index (χ4n) is 4.16. The average molecular weight is 371 g/mol. The second kappa shape index (κ2) is 7.94. The van der Waals surface area contributed by atoms with E-state index < -0.39 is 0 Å². The Balaban J connectivity index is 1.52. The third-order valence-electron chi connectivity index (χ3n) is 5.51. The van der Waals surface area contributed by atoms with Crippen molar-refractivity contribution in [1.29, 1.82) is 0 Å². The van der Waals surface area contributed by atoms with Crippen molar-refractivity contribution in [3.63, 3.8) is 0 Å². The van der Waals surface area contributed by atoms with Gasteiger partial charge in [0.1, 0.15) is 25.0 Å². The summed E-state index contributed by atoms with van der Waals surface area (Å²) in [4.78, 5) is 31.5. The maximum absolute atomic E-state index is 13.2. The molecule has 8 heteroatoms. The first-order valence-electron chi connectivity index (χ1n) is 9.72. The highest BCUT2D eigenvalue weighted by Gasteiger charge is 2.39. The van der Waals surface area contributed by atoms with Gasteiger partial charge >= 0.3 is 0 Å². The Labute approximate surface area is 157 Å². The fourth-order valence-corrected chi connectivity index (χ4v) is 4.16. The van der Waals surface area contributed by atoms with E-state index in [2.05, 4.69) is 15.4 Å². The quantitative estimate of drug-likeness (QED) is 0.888. The summed E-state index contributed by atoms with van der Waals surface area (Å²) in [6, 6.07) is 3.48. The highest BCUT2D eigenvalue weighted by atomic mass is 16.4. The van der Waals surface area contributed by atoms with E-state index in [4.69, 9.17) is 4.42 Å². The summed E-state index contributed by atoms with van der Waals surface area (Å²) in [6.07, 6.45) is 8.65. The van der Waals surface area contributed by atoms with Crippen molar-refractivity contribution in [3.05, 3.63) is 36.3 Å². The van der Waals surface area contributed by atoms with Crippen molar-refractivity contribution in [3.8, 4) is 0 Å². The number of nitrogens with zero attached hydrogens (tertiary/aromatic N) is 4. The average Bonchev–Trinajstić information content (AvgIpc) is 3.42. The van der Waals surface area contributed by atoms with Crippen LogP contribution in [0.15, 0.2) is 29.2 Å². The molecule has 0 radical (unpaired) electrons. The van der Waals surface area contributed by atoms with Crippen LogP contribution in [0.2, 0.25) is 0 Å². The van der Waals surface area contributed by atoms with Gasteiger partial charge in [0.25, 0.3) is 5.91 Å². The first-order chi connectivity index (χ1) is 13.2. The molecule has 2 aliphatic rings. The number of amides is 2. The van der Waals surface area contributed by atoms with Crippen LogP contribution in [0.5, 0.6) is 0 Å². The minimum absolute atomic E-state index is 0.0422. The first kappa shape index (κ1) is 17.8. The van der Waals surface area contributed by atoms with Crippen LogP contribution < -0.4 is 5.32 Å². The van der Waals surface area contributed by atoms with E-state index in [0.29, 0.717) is 24.6 Å². The molecule has 0 bridgehead atoms. The summed E-state index contributed by atoms with van der Waals surface area (Å²) in [6.45, 7) is 1.84. The Bertz CT molecular complexity index is 785. The molecule has 27 heavy (non-hydrogen) atoms. The zero-order chi connectivity index (χ0) is 18.6. The molecule has 2 amide bonds. The monoisotopic (exact) mass is 371 g/mol. The lowest BCUT2D eigenvalue weighted by molar-refractivity contribution is -0.126. The second-order valence-electron chi connectivity index (χ2n) is 7.31. The standard InChI is InChI=1S/C19H25N5O3/c25-18-15-5-4-6-16(15)24(10-3-1-2-9-21-18)19(26)17-8-7-14(27-17)11-23-13-20-12-22-23/h7-8,12-13,15-16H,1-6,9-11H2,(H,21,25)/t15-,16+/m1/s1. The number of fused-ring (bicyclic) bond motifs is 1. The maximum Gasteiger partial charge on any atom is 0.289 e. The van der Waals surface area contributed by atoms with Gasteiger partial charge in [-0.15, -0.1) is 0 Å². The van der Waals surface area contributed by atoms with Gasteiger partial charge < -0.3 is 14.6 Å². The van der Waals surface area contributed by atoms with Crippen molar-refractivity contribution in [2.45, 2.75) is 51.1 Å². The Morgan fingerprint density at radius 3 is 3.00 bits per heavy atom. The van der Waals surface area contributed by atoms with E-state index in [1.807, 2.05) is 4.90 Å². The van der Waals surface area contributed by atoms with E-state index in [0.717, 1.165) is 45.1 Å². The summed E-state index contributed by atoms with van der Waals surface area (Å²) >= 11 is 0. The summed E-state index contributed by atoms with van der Waals surface area (Å²) in [5.41, 5.74) is 0. The van der Waals surface area contributed by atoms with Gasteiger partial charge in [-0.05, 0) is 44.2 Å². The SMILES string of the molecule is O=C1NCCCCCN(C(=O)c2ccc(Cn3cncn3)o2)[C@H]2CCC[C@@H]12. The lowest BCUT2D eigenvalue weighted by Crippen LogP contribution is -2.48. The van der Waals surface area contributed by atoms with Crippen LogP contribution in [0.3, 0.4) is 0 Å². The third kappa shape index (κ3) is 3.89. The minimum atomic E-state index is -0.120. The van der Waals surface area contributed by atoms with Crippen molar-refractivity contribution in [1.82, 2.24) is 25.0 Å². The molecule has 1 aliphatic heterocycles. The summed E-state index contributed by atoms with van der Waals surface area (Å²) in [7, 11) is 0. The lowest BCUT2D eigenvalue weighted by atomic mass is 9.99. The third-order valence-corrected chi connectivity index (χ3v) is 5.51. The zero-order valence-electron chi connectivity index (χ0n) is 15.3. The summed E-state index contributed by atoms with van der Waals surface area (Å²) in [5, 5.41) is 7.09. The minimum Gasteiger partial charge on any atom is -0.454 e. The molecule has 0 spiro atoms. The Hall–Kier alpha value is -2.64. The molecule has 3 heterocycles. The van der Waals surface area contributed by atoms with E-state index in [-0.39, 0.29) is 23.8 Å². The molecule has 8 nitrogen and oxygen atoms in total. The maximum atomic E-state index is 13.2. The van der Waals surface area contributed by atoms with Gasteiger partial charge in [-0.2, -0.15) is 5.10 Å². The molecule has 144 valence electrons. The van der Waals surface area contributed by atoms with Gasteiger partial charge in [0.05, 0.1) is 5.92 Å². The van der Waals surface area contributed by atoms with E-state index in [1.165, 1.54) is 6.33 Å². The Morgan fingerprint density at radius 1 is 1.22 bits per heavy atom. The van der Waals surface area contributed by atoms with Crippen LogP contribution in [0.25, 0.3) is 0 Å². The number of hydrogen-bond donors (Lipinski definition) is 1. The van der Waals surface area contributed by atoms with Crippen molar-refractivity contribution in [2.75, 3.05) is 13.1 Å². The first-order valence-corrected chi connectivity index (χ1v) is 9.72.